The van der Waals surface area contributed by atoms with Gasteiger partial charge in [-0.05, 0) is 57.8 Å². The lowest BCUT2D eigenvalue weighted by Crippen LogP contribution is -2.67. The van der Waals surface area contributed by atoms with Gasteiger partial charge in [0, 0.05) is 40.3 Å². The molecular weight excluding hydrogens is 1190 g/mol. The number of amides is 1. The molecule has 21 nitrogen and oxygen atoms in total. The number of hydrogen-bond donors (Lipinski definition) is 6. The quantitative estimate of drug-likeness (QED) is 0.0108. The fourth-order valence-electron chi connectivity index (χ4n) is 11.6. The summed E-state index contributed by atoms with van der Waals surface area (Å²) in [5.41, 5.74) is 0. The van der Waals surface area contributed by atoms with E-state index in [2.05, 4.69) is 45.2 Å². The van der Waals surface area contributed by atoms with Gasteiger partial charge in [-0.2, -0.15) is 0 Å². The molecule has 11 atom stereocenters. The number of aliphatic hydroxyl groups excluding tert-OH is 1. The third-order valence-corrected chi connectivity index (χ3v) is 17.7. The Morgan fingerprint density at radius 2 is 0.966 bits per heavy atom. The zero-order valence-corrected chi connectivity index (χ0v) is 57.7. The Hall–Kier alpha value is -1.75. The third kappa shape index (κ3) is 41.0. The molecule has 524 valence electrons. The Balaban J connectivity index is 2.45. The van der Waals surface area contributed by atoms with Gasteiger partial charge < -0.3 is 67.9 Å². The number of carbonyl (C=O) groups excluding carboxylic acids is 3. The number of carbonyl (C=O) groups is 3. The third-order valence-electron chi connectivity index (χ3n) is 16.7. The monoisotopic (exact) mass is 1310 g/mol. The van der Waals surface area contributed by atoms with Crippen LogP contribution in [-0.2, 0) is 70.5 Å². The van der Waals surface area contributed by atoms with Crippen molar-refractivity contribution in [3.8, 4) is 0 Å². The van der Waals surface area contributed by atoms with E-state index in [1.165, 1.54) is 58.5 Å². The molecule has 0 aromatic rings. The average Bonchev–Trinajstić information content (AvgIpc) is 0.966. The van der Waals surface area contributed by atoms with Crippen molar-refractivity contribution < 1.29 is 95.1 Å². The van der Waals surface area contributed by atoms with Crippen LogP contribution in [-0.4, -0.2) is 150 Å². The molecule has 0 bridgehead atoms. The minimum Gasteiger partial charge on any atom is -0.454 e. The summed E-state index contributed by atoms with van der Waals surface area (Å²) >= 11 is 0. The van der Waals surface area contributed by atoms with Crippen molar-refractivity contribution in [2.75, 3.05) is 40.6 Å². The van der Waals surface area contributed by atoms with Crippen molar-refractivity contribution in [3.63, 3.8) is 0 Å². The van der Waals surface area contributed by atoms with Crippen LogP contribution in [0.1, 0.15) is 285 Å². The molecule has 2 unspecified atom stereocenters. The SMILES string of the molecule is CCCCCC/C=C\CCCCCCCCCC(=O)N[C@H]1[C@H](OC[C@H]2OC(OP(=O)(O)O)[C@H](OC(=O)CC(=O)CCCCCCCCCCC)[C@@H](OCCCCCCCCCC)[C@@H]2O)O[C@H](COC)[C@@H](OP(=O)(O)O)[C@@H]1OCCC(CCCCCCC)OC. The lowest BCUT2D eigenvalue weighted by molar-refractivity contribution is -0.315. The summed E-state index contributed by atoms with van der Waals surface area (Å²) in [5.74, 6) is -1.84. The van der Waals surface area contributed by atoms with Gasteiger partial charge in [0.1, 0.15) is 54.9 Å². The lowest BCUT2D eigenvalue weighted by atomic mass is 9.95. The second-order valence-corrected chi connectivity index (χ2v) is 27.1. The van der Waals surface area contributed by atoms with Crippen molar-refractivity contribution in [1.29, 1.82) is 0 Å². The molecule has 2 aliphatic rings. The van der Waals surface area contributed by atoms with Crippen molar-refractivity contribution in [1.82, 2.24) is 5.32 Å². The summed E-state index contributed by atoms with van der Waals surface area (Å²) in [5, 5.41) is 15.2. The molecule has 2 saturated heterocycles. The number of esters is 1. The standard InChI is InChI=1S/C66H125NO20P2/c1-7-11-15-19-22-25-26-27-28-29-30-32-34-38-42-46-57(69)67-59-62(81-49-47-54(79-6)45-41-36-18-14-10-4)61(86-88(72,73)74)56(51-78-5)84-65(59)82-52-55-60(71)63(80-48-43-39-35-24-21-17-13-9-3)64(66(83-55)87-89(75,76)77)85-58(70)50-53(68)44-40-37-33-31-23-20-16-12-8-2/h25-26,54-56,59-66,71H,7-24,27-52H2,1-6H3,(H,67,69)(H2,72,73,74)(H2,75,76,77)/b26-25-/t54?,55-,56-,59-,60-,61-,62-,63+,64-,65-,66?/m1/s1. The summed E-state index contributed by atoms with van der Waals surface area (Å²) in [4.78, 5) is 81.9. The van der Waals surface area contributed by atoms with Crippen LogP contribution in [0.5, 0.6) is 0 Å². The largest absolute Gasteiger partial charge is 0.472 e. The first-order valence-electron chi connectivity index (χ1n) is 34.9. The lowest BCUT2D eigenvalue weighted by Gasteiger charge is -2.47. The number of ketones is 1. The number of unbranched alkanes of at least 4 members (excludes halogenated alkanes) is 30. The Morgan fingerprint density at radius 1 is 0.494 bits per heavy atom. The molecule has 0 saturated carbocycles. The van der Waals surface area contributed by atoms with Crippen molar-refractivity contribution >= 4 is 33.3 Å². The first-order valence-corrected chi connectivity index (χ1v) is 38.0. The molecule has 89 heavy (non-hydrogen) atoms. The minimum atomic E-state index is -5.43. The smallest absolute Gasteiger partial charge is 0.454 e. The minimum absolute atomic E-state index is 0.00194. The molecule has 2 rings (SSSR count). The maximum atomic E-state index is 14.1. The zero-order chi connectivity index (χ0) is 65.4. The molecule has 0 radical (unpaired) electrons. The molecule has 2 fully saturated rings. The molecule has 0 aromatic heterocycles. The first-order chi connectivity index (χ1) is 42.9. The highest BCUT2D eigenvalue weighted by molar-refractivity contribution is 7.46. The number of Topliss-reactive ketones (excluding diaryl/α,β-unsaturated/α-hetero) is 1. The van der Waals surface area contributed by atoms with Crippen LogP contribution in [0.4, 0.5) is 0 Å². The maximum Gasteiger partial charge on any atom is 0.472 e. The number of phosphoric acid groups is 2. The predicted molar refractivity (Wildman–Crippen MR) is 345 cm³/mol. The number of allylic oxidation sites excluding steroid dienone is 2. The molecule has 2 heterocycles. The van der Waals surface area contributed by atoms with Crippen LogP contribution in [0, 0.1) is 0 Å². The second-order valence-electron chi connectivity index (χ2n) is 24.7. The fourth-order valence-corrected chi connectivity index (χ4v) is 12.6. The van der Waals surface area contributed by atoms with Crippen LogP contribution in [0.25, 0.3) is 0 Å². The van der Waals surface area contributed by atoms with E-state index in [1.807, 2.05) is 0 Å². The van der Waals surface area contributed by atoms with E-state index in [0.29, 0.717) is 25.7 Å². The number of nitrogens with one attached hydrogen (secondary N) is 1. The van der Waals surface area contributed by atoms with Gasteiger partial charge in [-0.1, -0.05) is 220 Å². The molecule has 0 aliphatic carbocycles. The van der Waals surface area contributed by atoms with Gasteiger partial charge >= 0.3 is 21.6 Å². The highest BCUT2D eigenvalue weighted by Gasteiger charge is 2.54. The van der Waals surface area contributed by atoms with Crippen LogP contribution >= 0.6 is 15.6 Å². The van der Waals surface area contributed by atoms with E-state index in [4.69, 9.17) is 46.9 Å². The first kappa shape index (κ1) is 83.3. The number of hydrogen-bond acceptors (Lipinski definition) is 16. The van der Waals surface area contributed by atoms with E-state index in [0.717, 1.165) is 161 Å². The summed E-state index contributed by atoms with van der Waals surface area (Å²) in [6.45, 7) is 7.81. The normalized spacial score (nSPS) is 22.9. The van der Waals surface area contributed by atoms with E-state index in [1.54, 1.807) is 7.11 Å². The van der Waals surface area contributed by atoms with Gasteiger partial charge in [-0.15, -0.1) is 0 Å². The predicted octanol–water partition coefficient (Wildman–Crippen LogP) is 14.0. The fraction of sp³-hybridized carbons (Fsp3) is 0.924. The van der Waals surface area contributed by atoms with E-state index in [9.17, 15) is 48.2 Å². The van der Waals surface area contributed by atoms with E-state index in [-0.39, 0.29) is 44.5 Å². The van der Waals surface area contributed by atoms with E-state index >= 15 is 0 Å². The molecule has 6 N–H and O–H groups in total. The second kappa shape index (κ2) is 52.5. The van der Waals surface area contributed by atoms with Gasteiger partial charge in [-0.3, -0.25) is 23.4 Å². The number of phosphoric ester groups is 2. The van der Waals surface area contributed by atoms with Crippen molar-refractivity contribution in [3.05, 3.63) is 12.2 Å². The van der Waals surface area contributed by atoms with Crippen molar-refractivity contribution in [2.24, 2.45) is 0 Å². The molecule has 0 aromatic carbocycles. The van der Waals surface area contributed by atoms with Gasteiger partial charge in [-0.25, -0.2) is 9.13 Å². The number of aliphatic hydroxyl groups is 1. The summed E-state index contributed by atoms with van der Waals surface area (Å²) in [6, 6.07) is -1.33. The molecule has 0 spiro atoms. The Morgan fingerprint density at radius 3 is 1.49 bits per heavy atom. The van der Waals surface area contributed by atoms with Crippen LogP contribution < -0.4 is 5.32 Å². The van der Waals surface area contributed by atoms with Gasteiger partial charge in [0.05, 0.1) is 19.3 Å². The van der Waals surface area contributed by atoms with E-state index < -0.39 is 102 Å². The van der Waals surface area contributed by atoms with Gasteiger partial charge in [0.2, 0.25) is 12.2 Å². The summed E-state index contributed by atoms with van der Waals surface area (Å²) in [7, 11) is -7.74. The highest BCUT2D eigenvalue weighted by Crippen LogP contribution is 2.44. The number of ether oxygens (including phenoxy) is 8. The summed E-state index contributed by atoms with van der Waals surface area (Å²) in [6.07, 6.45) is 27.0. The van der Waals surface area contributed by atoms with Crippen molar-refractivity contribution in [2.45, 2.75) is 352 Å². The molecule has 2 aliphatic heterocycles. The summed E-state index contributed by atoms with van der Waals surface area (Å²) < 4.78 is 84.8. The molecular formula is C66H125NO20P2. The maximum absolute atomic E-state index is 14.1. The molecule has 23 heteroatoms. The van der Waals surface area contributed by atoms with Crippen LogP contribution in [0.2, 0.25) is 0 Å². The average molecular weight is 1310 g/mol. The topological polar surface area (TPSA) is 291 Å². The highest BCUT2D eigenvalue weighted by atomic mass is 31.2. The Kier molecular flexibility index (Phi) is 49.2. The zero-order valence-electron chi connectivity index (χ0n) is 55.9. The van der Waals surface area contributed by atoms with Gasteiger partial charge in [0.15, 0.2) is 12.4 Å². The van der Waals surface area contributed by atoms with Crippen LogP contribution in [0.3, 0.4) is 0 Å². The van der Waals surface area contributed by atoms with Gasteiger partial charge in [0.25, 0.3) is 0 Å². The van der Waals surface area contributed by atoms with Crippen LogP contribution in [0.15, 0.2) is 12.2 Å². The number of methoxy groups -OCH3 is 2. The number of rotatable bonds is 59. The Labute approximate surface area is 536 Å². The Bertz CT molecular complexity index is 1890. The molecule has 1 amide bonds.